The van der Waals surface area contributed by atoms with Crippen molar-refractivity contribution in [3.63, 3.8) is 0 Å². The predicted octanol–water partition coefficient (Wildman–Crippen LogP) is 4.78. The van der Waals surface area contributed by atoms with Crippen molar-refractivity contribution in [3.8, 4) is 11.4 Å². The Morgan fingerprint density at radius 3 is 2.53 bits per heavy atom. The zero-order valence-electron chi connectivity index (χ0n) is 18.4. The summed E-state index contributed by atoms with van der Waals surface area (Å²) in [7, 11) is 0. The Labute approximate surface area is 191 Å². The second-order valence-electron chi connectivity index (χ2n) is 7.54. The van der Waals surface area contributed by atoms with E-state index < -0.39 is 0 Å². The SMILES string of the molecule is CCCn1c(SCc2nc(N)nc(Nc3ccc(C)cc3)n2)nnc1-c1cccc(C)c1. The fourth-order valence-electron chi connectivity index (χ4n) is 3.27. The van der Waals surface area contributed by atoms with E-state index in [4.69, 9.17) is 5.73 Å². The van der Waals surface area contributed by atoms with Crippen molar-refractivity contribution in [2.45, 2.75) is 44.6 Å². The number of hydrogen-bond donors (Lipinski definition) is 2. The fourth-order valence-corrected chi connectivity index (χ4v) is 4.09. The third-order valence-electron chi connectivity index (χ3n) is 4.78. The Hall–Kier alpha value is -3.46. The molecule has 0 aliphatic rings. The molecule has 0 atom stereocenters. The number of nitrogens with zero attached hydrogens (tertiary/aromatic N) is 6. The average Bonchev–Trinajstić information content (AvgIpc) is 3.16. The van der Waals surface area contributed by atoms with Gasteiger partial charge in [0.1, 0.15) is 5.82 Å². The van der Waals surface area contributed by atoms with Crippen molar-refractivity contribution in [2.75, 3.05) is 11.1 Å². The number of thioether (sulfide) groups is 1. The Balaban J connectivity index is 1.53. The monoisotopic (exact) mass is 446 g/mol. The lowest BCUT2D eigenvalue weighted by atomic mass is 10.1. The first kappa shape index (κ1) is 21.8. The van der Waals surface area contributed by atoms with E-state index in [2.05, 4.69) is 67.1 Å². The van der Waals surface area contributed by atoms with E-state index in [1.165, 1.54) is 22.9 Å². The minimum atomic E-state index is 0.181. The molecule has 8 nitrogen and oxygen atoms in total. The highest BCUT2D eigenvalue weighted by atomic mass is 32.2. The van der Waals surface area contributed by atoms with Crippen LogP contribution in [0.4, 0.5) is 17.6 Å². The van der Waals surface area contributed by atoms with Crippen LogP contribution < -0.4 is 11.1 Å². The minimum Gasteiger partial charge on any atom is -0.368 e. The summed E-state index contributed by atoms with van der Waals surface area (Å²) in [4.78, 5) is 13.0. The standard InChI is InChI=1S/C23H26N8S/c1-4-12-31-20(17-7-5-6-16(3)13-17)29-30-23(31)32-14-19-26-21(24)28-22(27-19)25-18-10-8-15(2)9-11-18/h5-11,13H,4,12,14H2,1-3H3,(H3,24,25,26,27,28). The van der Waals surface area contributed by atoms with Gasteiger partial charge in [0.25, 0.3) is 0 Å². The molecule has 0 aliphatic carbocycles. The van der Waals surface area contributed by atoms with Crippen molar-refractivity contribution in [3.05, 3.63) is 65.5 Å². The average molecular weight is 447 g/mol. The van der Waals surface area contributed by atoms with Crippen LogP contribution in [0.2, 0.25) is 0 Å². The van der Waals surface area contributed by atoms with Gasteiger partial charge in [-0.25, -0.2) is 0 Å². The summed E-state index contributed by atoms with van der Waals surface area (Å²) in [5.74, 6) is 2.56. The molecule has 9 heteroatoms. The maximum Gasteiger partial charge on any atom is 0.232 e. The quantitative estimate of drug-likeness (QED) is 0.373. The van der Waals surface area contributed by atoms with Crippen LogP contribution in [0.1, 0.15) is 30.3 Å². The van der Waals surface area contributed by atoms with Gasteiger partial charge in [0.05, 0.1) is 5.75 Å². The van der Waals surface area contributed by atoms with Crippen molar-refractivity contribution in [2.24, 2.45) is 0 Å². The molecule has 4 aromatic rings. The van der Waals surface area contributed by atoms with E-state index in [1.807, 2.05) is 37.3 Å². The molecule has 0 saturated heterocycles. The lowest BCUT2D eigenvalue weighted by Crippen LogP contribution is -2.07. The van der Waals surface area contributed by atoms with E-state index in [-0.39, 0.29) is 5.95 Å². The van der Waals surface area contributed by atoms with Crippen molar-refractivity contribution in [1.82, 2.24) is 29.7 Å². The van der Waals surface area contributed by atoms with Crippen LogP contribution in [-0.2, 0) is 12.3 Å². The van der Waals surface area contributed by atoms with Gasteiger partial charge in [0.15, 0.2) is 11.0 Å². The second-order valence-corrected chi connectivity index (χ2v) is 8.48. The van der Waals surface area contributed by atoms with Crippen molar-refractivity contribution >= 4 is 29.3 Å². The summed E-state index contributed by atoms with van der Waals surface area (Å²) in [5, 5.41) is 12.9. The molecule has 0 radical (unpaired) electrons. The highest BCUT2D eigenvalue weighted by molar-refractivity contribution is 7.98. The predicted molar refractivity (Wildman–Crippen MR) is 129 cm³/mol. The number of hydrogen-bond acceptors (Lipinski definition) is 8. The number of anilines is 3. The third-order valence-corrected chi connectivity index (χ3v) is 5.74. The number of aryl methyl sites for hydroxylation is 2. The maximum atomic E-state index is 5.93. The molecule has 2 aromatic heterocycles. The molecule has 4 rings (SSSR count). The number of aromatic nitrogens is 6. The summed E-state index contributed by atoms with van der Waals surface area (Å²) in [6.45, 7) is 7.09. The number of benzene rings is 2. The zero-order chi connectivity index (χ0) is 22.5. The molecule has 0 amide bonds. The van der Waals surface area contributed by atoms with E-state index >= 15 is 0 Å². The van der Waals surface area contributed by atoms with E-state index in [0.29, 0.717) is 17.5 Å². The van der Waals surface area contributed by atoms with Gasteiger partial charge >= 0.3 is 0 Å². The van der Waals surface area contributed by atoms with Gasteiger partial charge in [0, 0.05) is 17.8 Å². The zero-order valence-corrected chi connectivity index (χ0v) is 19.2. The summed E-state index contributed by atoms with van der Waals surface area (Å²) in [6, 6.07) is 16.3. The lowest BCUT2D eigenvalue weighted by molar-refractivity contribution is 0.626. The topological polar surface area (TPSA) is 107 Å². The van der Waals surface area contributed by atoms with Crippen LogP contribution in [0, 0.1) is 13.8 Å². The molecule has 0 aliphatic heterocycles. The van der Waals surface area contributed by atoms with Gasteiger partial charge in [-0.1, -0.05) is 60.1 Å². The van der Waals surface area contributed by atoms with Crippen LogP contribution in [0.15, 0.2) is 53.7 Å². The number of nitrogens with one attached hydrogen (secondary N) is 1. The molecular formula is C23H26N8S. The van der Waals surface area contributed by atoms with Crippen LogP contribution in [0.25, 0.3) is 11.4 Å². The largest absolute Gasteiger partial charge is 0.368 e. The third kappa shape index (κ3) is 5.23. The molecule has 3 N–H and O–H groups in total. The highest BCUT2D eigenvalue weighted by Crippen LogP contribution is 2.27. The van der Waals surface area contributed by atoms with Crippen LogP contribution in [0.3, 0.4) is 0 Å². The Bertz CT molecular complexity index is 1200. The van der Waals surface area contributed by atoms with Crippen LogP contribution >= 0.6 is 11.8 Å². The molecule has 0 saturated carbocycles. The normalized spacial score (nSPS) is 11.0. The fraction of sp³-hybridized carbons (Fsp3) is 0.261. The Morgan fingerprint density at radius 2 is 1.78 bits per heavy atom. The summed E-state index contributed by atoms with van der Waals surface area (Å²) in [5.41, 5.74) is 10.3. The van der Waals surface area contributed by atoms with Gasteiger partial charge in [-0.2, -0.15) is 15.0 Å². The van der Waals surface area contributed by atoms with E-state index in [1.54, 1.807) is 0 Å². The van der Waals surface area contributed by atoms with Crippen molar-refractivity contribution < 1.29 is 0 Å². The molecule has 0 bridgehead atoms. The highest BCUT2D eigenvalue weighted by Gasteiger charge is 2.15. The van der Waals surface area contributed by atoms with Crippen LogP contribution in [-0.4, -0.2) is 29.7 Å². The first-order valence-electron chi connectivity index (χ1n) is 10.5. The van der Waals surface area contributed by atoms with Gasteiger partial charge < -0.3 is 15.6 Å². The summed E-state index contributed by atoms with van der Waals surface area (Å²) >= 11 is 1.54. The van der Waals surface area contributed by atoms with E-state index in [0.717, 1.165) is 35.2 Å². The number of nitrogen functional groups attached to an aromatic ring is 1. The van der Waals surface area contributed by atoms with Gasteiger partial charge in [-0.3, -0.25) is 0 Å². The molecule has 2 heterocycles. The van der Waals surface area contributed by atoms with Gasteiger partial charge in [0.2, 0.25) is 11.9 Å². The summed E-state index contributed by atoms with van der Waals surface area (Å²) in [6.07, 6.45) is 0.980. The summed E-state index contributed by atoms with van der Waals surface area (Å²) < 4.78 is 2.15. The van der Waals surface area contributed by atoms with E-state index in [9.17, 15) is 0 Å². The number of rotatable bonds is 8. The Kier molecular flexibility index (Phi) is 6.65. The minimum absolute atomic E-state index is 0.181. The molecule has 164 valence electrons. The molecule has 0 fully saturated rings. The van der Waals surface area contributed by atoms with Crippen LogP contribution in [0.5, 0.6) is 0 Å². The molecule has 2 aromatic carbocycles. The van der Waals surface area contributed by atoms with Gasteiger partial charge in [-0.05, 0) is 38.5 Å². The van der Waals surface area contributed by atoms with Gasteiger partial charge in [-0.15, -0.1) is 10.2 Å². The Morgan fingerprint density at radius 1 is 0.969 bits per heavy atom. The first-order valence-corrected chi connectivity index (χ1v) is 11.5. The number of nitrogens with two attached hydrogens (primary N) is 1. The second kappa shape index (κ2) is 9.78. The smallest absolute Gasteiger partial charge is 0.232 e. The molecule has 0 spiro atoms. The maximum absolute atomic E-state index is 5.93. The molecule has 0 unspecified atom stereocenters. The molecular weight excluding hydrogens is 420 g/mol. The lowest BCUT2D eigenvalue weighted by Gasteiger charge is -2.10. The first-order chi connectivity index (χ1) is 15.5. The van der Waals surface area contributed by atoms with Crippen molar-refractivity contribution in [1.29, 1.82) is 0 Å². The molecule has 32 heavy (non-hydrogen) atoms.